The SMILES string of the molecule is C[C@@H](OC(=O)c1ccc(-c2ccccc2Cl)o1)C(=O)NCCc1ccccc1. The lowest BCUT2D eigenvalue weighted by atomic mass is 10.1. The highest BCUT2D eigenvalue weighted by atomic mass is 35.5. The fourth-order valence-corrected chi connectivity index (χ4v) is 2.87. The van der Waals surface area contributed by atoms with Gasteiger partial charge in [0.05, 0.1) is 5.02 Å². The van der Waals surface area contributed by atoms with Crippen molar-refractivity contribution in [3.05, 3.63) is 83.1 Å². The lowest BCUT2D eigenvalue weighted by molar-refractivity contribution is -0.129. The van der Waals surface area contributed by atoms with Crippen LogP contribution in [0.3, 0.4) is 0 Å². The first-order valence-corrected chi connectivity index (χ1v) is 9.30. The molecule has 0 saturated carbocycles. The van der Waals surface area contributed by atoms with Crippen LogP contribution in [0.2, 0.25) is 5.02 Å². The van der Waals surface area contributed by atoms with Crippen LogP contribution < -0.4 is 5.32 Å². The van der Waals surface area contributed by atoms with Crippen LogP contribution in [0, 0.1) is 0 Å². The average molecular weight is 398 g/mol. The third-order valence-electron chi connectivity index (χ3n) is 4.16. The summed E-state index contributed by atoms with van der Waals surface area (Å²) in [5.74, 6) is -0.595. The van der Waals surface area contributed by atoms with Gasteiger partial charge in [0.1, 0.15) is 5.76 Å². The van der Waals surface area contributed by atoms with Gasteiger partial charge in [0.15, 0.2) is 6.10 Å². The molecule has 1 aromatic heterocycles. The maximum Gasteiger partial charge on any atom is 0.375 e. The van der Waals surface area contributed by atoms with Gasteiger partial charge in [0.2, 0.25) is 5.76 Å². The largest absolute Gasteiger partial charge is 0.449 e. The lowest BCUT2D eigenvalue weighted by Gasteiger charge is -2.12. The summed E-state index contributed by atoms with van der Waals surface area (Å²) in [4.78, 5) is 24.4. The van der Waals surface area contributed by atoms with Gasteiger partial charge in [-0.3, -0.25) is 4.79 Å². The molecule has 1 heterocycles. The maximum atomic E-state index is 12.3. The van der Waals surface area contributed by atoms with Gasteiger partial charge in [0, 0.05) is 12.1 Å². The van der Waals surface area contributed by atoms with Gasteiger partial charge in [-0.05, 0) is 43.2 Å². The number of benzene rings is 2. The number of carbonyl (C=O) groups excluding carboxylic acids is 2. The Morgan fingerprint density at radius 3 is 2.50 bits per heavy atom. The number of carbonyl (C=O) groups is 2. The van der Waals surface area contributed by atoms with E-state index in [1.807, 2.05) is 42.5 Å². The van der Waals surface area contributed by atoms with E-state index in [1.54, 1.807) is 18.2 Å². The Labute approximate surface area is 168 Å². The van der Waals surface area contributed by atoms with Crippen LogP contribution >= 0.6 is 11.6 Å². The Morgan fingerprint density at radius 1 is 1.04 bits per heavy atom. The smallest absolute Gasteiger partial charge is 0.375 e. The Balaban J connectivity index is 1.52. The minimum Gasteiger partial charge on any atom is -0.449 e. The molecule has 1 atom stereocenters. The molecule has 1 N–H and O–H groups in total. The number of amides is 1. The highest BCUT2D eigenvalue weighted by Gasteiger charge is 2.21. The van der Waals surface area contributed by atoms with E-state index in [4.69, 9.17) is 20.8 Å². The topological polar surface area (TPSA) is 68.5 Å². The summed E-state index contributed by atoms with van der Waals surface area (Å²) in [5.41, 5.74) is 1.80. The second-order valence-corrected chi connectivity index (χ2v) is 6.63. The Kier molecular flexibility index (Phi) is 6.50. The number of esters is 1. The minimum absolute atomic E-state index is 0.0128. The molecule has 0 radical (unpaired) electrons. The highest BCUT2D eigenvalue weighted by molar-refractivity contribution is 6.33. The van der Waals surface area contributed by atoms with Crippen molar-refractivity contribution in [1.29, 1.82) is 0 Å². The van der Waals surface area contributed by atoms with E-state index < -0.39 is 12.1 Å². The molecule has 144 valence electrons. The standard InChI is InChI=1S/C22H20ClNO4/c1-15(21(25)24-14-13-16-7-3-2-4-8-16)27-22(26)20-12-11-19(28-20)17-9-5-6-10-18(17)23/h2-12,15H,13-14H2,1H3,(H,24,25)/t15-/m1/s1. The number of hydrogen-bond acceptors (Lipinski definition) is 4. The molecule has 5 nitrogen and oxygen atoms in total. The van der Waals surface area contributed by atoms with E-state index >= 15 is 0 Å². The third-order valence-corrected chi connectivity index (χ3v) is 4.48. The molecule has 0 fully saturated rings. The first kappa shape index (κ1) is 19.7. The molecule has 0 aliphatic carbocycles. The molecule has 0 spiro atoms. The number of hydrogen-bond donors (Lipinski definition) is 1. The number of rotatable bonds is 7. The zero-order valence-electron chi connectivity index (χ0n) is 15.4. The van der Waals surface area contributed by atoms with Gasteiger partial charge in [-0.2, -0.15) is 0 Å². The molecular formula is C22H20ClNO4. The van der Waals surface area contributed by atoms with E-state index in [2.05, 4.69) is 5.32 Å². The first-order chi connectivity index (χ1) is 13.5. The second kappa shape index (κ2) is 9.24. The normalized spacial score (nSPS) is 11.6. The molecule has 28 heavy (non-hydrogen) atoms. The van der Waals surface area contributed by atoms with Gasteiger partial charge >= 0.3 is 5.97 Å². The van der Waals surface area contributed by atoms with Crippen molar-refractivity contribution in [2.24, 2.45) is 0 Å². The van der Waals surface area contributed by atoms with E-state index in [9.17, 15) is 9.59 Å². The summed E-state index contributed by atoms with van der Waals surface area (Å²) >= 11 is 6.14. The van der Waals surface area contributed by atoms with Gasteiger partial charge in [-0.1, -0.05) is 54.1 Å². The molecule has 3 rings (SSSR count). The van der Waals surface area contributed by atoms with Crippen molar-refractivity contribution in [1.82, 2.24) is 5.32 Å². The van der Waals surface area contributed by atoms with Gasteiger partial charge in [-0.25, -0.2) is 4.79 Å². The molecule has 2 aromatic carbocycles. The van der Waals surface area contributed by atoms with Crippen molar-refractivity contribution in [3.63, 3.8) is 0 Å². The molecule has 0 unspecified atom stereocenters. The molecule has 1 amide bonds. The second-order valence-electron chi connectivity index (χ2n) is 6.22. The van der Waals surface area contributed by atoms with Crippen LogP contribution in [0.15, 0.2) is 71.1 Å². The molecule has 6 heteroatoms. The summed E-state index contributed by atoms with van der Waals surface area (Å²) in [6, 6.07) is 20.1. The van der Waals surface area contributed by atoms with Crippen LogP contribution in [-0.4, -0.2) is 24.5 Å². The van der Waals surface area contributed by atoms with E-state index in [-0.39, 0.29) is 11.7 Å². The molecule has 0 aliphatic rings. The fraction of sp³-hybridized carbons (Fsp3) is 0.182. The van der Waals surface area contributed by atoms with Crippen molar-refractivity contribution < 1.29 is 18.7 Å². The van der Waals surface area contributed by atoms with Crippen LogP contribution in [0.25, 0.3) is 11.3 Å². The summed E-state index contributed by atoms with van der Waals surface area (Å²) in [6.07, 6.45) is -0.232. The molecular weight excluding hydrogens is 378 g/mol. The van der Waals surface area contributed by atoms with E-state index in [1.165, 1.54) is 13.0 Å². The monoisotopic (exact) mass is 397 g/mol. The number of ether oxygens (including phenoxy) is 1. The quantitative estimate of drug-likeness (QED) is 0.596. The third kappa shape index (κ3) is 5.02. The summed E-state index contributed by atoms with van der Waals surface area (Å²) in [5, 5.41) is 3.28. The molecule has 3 aromatic rings. The zero-order valence-corrected chi connectivity index (χ0v) is 16.1. The zero-order chi connectivity index (χ0) is 19.9. The number of nitrogens with one attached hydrogen (secondary N) is 1. The van der Waals surface area contributed by atoms with Crippen LogP contribution in [-0.2, 0) is 16.0 Å². The number of halogens is 1. The van der Waals surface area contributed by atoms with Crippen LogP contribution in [0.5, 0.6) is 0 Å². The highest BCUT2D eigenvalue weighted by Crippen LogP contribution is 2.29. The molecule has 0 saturated heterocycles. The predicted molar refractivity (Wildman–Crippen MR) is 107 cm³/mol. The Hall–Kier alpha value is -3.05. The van der Waals surface area contributed by atoms with Crippen molar-refractivity contribution in [2.75, 3.05) is 6.54 Å². The van der Waals surface area contributed by atoms with Gasteiger partial charge in [-0.15, -0.1) is 0 Å². The summed E-state index contributed by atoms with van der Waals surface area (Å²) in [6.45, 7) is 1.98. The van der Waals surface area contributed by atoms with Gasteiger partial charge in [0.25, 0.3) is 5.91 Å². The summed E-state index contributed by atoms with van der Waals surface area (Å²) in [7, 11) is 0. The van der Waals surface area contributed by atoms with Crippen LogP contribution in [0.1, 0.15) is 23.0 Å². The van der Waals surface area contributed by atoms with E-state index in [0.717, 1.165) is 5.56 Å². The lowest BCUT2D eigenvalue weighted by Crippen LogP contribution is -2.36. The fourth-order valence-electron chi connectivity index (χ4n) is 2.64. The van der Waals surface area contributed by atoms with E-state index in [0.29, 0.717) is 29.3 Å². The van der Waals surface area contributed by atoms with Crippen molar-refractivity contribution >= 4 is 23.5 Å². The van der Waals surface area contributed by atoms with Crippen molar-refractivity contribution in [3.8, 4) is 11.3 Å². The molecule has 0 aliphatic heterocycles. The Bertz CT molecular complexity index is 952. The van der Waals surface area contributed by atoms with Crippen LogP contribution in [0.4, 0.5) is 0 Å². The Morgan fingerprint density at radius 2 is 1.75 bits per heavy atom. The average Bonchev–Trinajstić information content (AvgIpc) is 3.19. The summed E-state index contributed by atoms with van der Waals surface area (Å²) < 4.78 is 10.7. The maximum absolute atomic E-state index is 12.3. The van der Waals surface area contributed by atoms with Gasteiger partial charge < -0.3 is 14.5 Å². The molecule has 0 bridgehead atoms. The predicted octanol–water partition coefficient (Wildman–Crippen LogP) is 4.50. The first-order valence-electron chi connectivity index (χ1n) is 8.92. The van der Waals surface area contributed by atoms with Crippen molar-refractivity contribution in [2.45, 2.75) is 19.4 Å². The minimum atomic E-state index is -0.933. The number of furan rings is 1.